The lowest BCUT2D eigenvalue weighted by atomic mass is 10.2. The summed E-state index contributed by atoms with van der Waals surface area (Å²) < 4.78 is 0. The number of carbonyl (C=O) groups excluding carboxylic acids is 1. The van der Waals surface area contributed by atoms with Crippen LogP contribution in [-0.2, 0) is 4.79 Å². The molecule has 3 heteroatoms. The molecule has 0 spiro atoms. The number of hydrogen-bond acceptors (Lipinski definition) is 1. The van der Waals surface area contributed by atoms with Gasteiger partial charge in [-0.2, -0.15) is 0 Å². The van der Waals surface area contributed by atoms with Crippen LogP contribution in [0.1, 0.15) is 11.1 Å². The van der Waals surface area contributed by atoms with E-state index in [1.165, 1.54) is 6.08 Å². The van der Waals surface area contributed by atoms with E-state index in [4.69, 9.17) is 11.6 Å². The first-order chi connectivity index (χ1) is 9.15. The molecule has 0 saturated heterocycles. The van der Waals surface area contributed by atoms with Gasteiger partial charge in [-0.15, -0.1) is 0 Å². The van der Waals surface area contributed by atoms with E-state index in [-0.39, 0.29) is 5.91 Å². The molecule has 0 aromatic heterocycles. The normalized spacial score (nSPS) is 10.6. The Morgan fingerprint density at radius 3 is 2.58 bits per heavy atom. The van der Waals surface area contributed by atoms with Gasteiger partial charge < -0.3 is 5.32 Å². The van der Waals surface area contributed by atoms with Crippen LogP contribution in [0, 0.1) is 6.92 Å². The van der Waals surface area contributed by atoms with Crippen LogP contribution in [0.2, 0.25) is 5.02 Å². The monoisotopic (exact) mass is 271 g/mol. The molecule has 2 aromatic rings. The van der Waals surface area contributed by atoms with Crippen molar-refractivity contribution in [3.05, 3.63) is 70.8 Å². The van der Waals surface area contributed by atoms with Crippen molar-refractivity contribution in [1.29, 1.82) is 0 Å². The molecule has 0 radical (unpaired) electrons. The number of nitrogens with one attached hydrogen (secondary N) is 1. The van der Waals surface area contributed by atoms with Gasteiger partial charge in [0, 0.05) is 16.8 Å². The standard InChI is InChI=1S/C16H14ClNO/c1-12-11-14(8-9-15(12)17)18-16(19)10-7-13-5-3-2-4-6-13/h2-11H,1H3,(H,18,19). The number of hydrogen-bond donors (Lipinski definition) is 1. The molecule has 0 atom stereocenters. The average Bonchev–Trinajstić information content (AvgIpc) is 2.42. The van der Waals surface area contributed by atoms with Gasteiger partial charge in [-0.3, -0.25) is 4.79 Å². The van der Waals surface area contributed by atoms with Crippen LogP contribution in [-0.4, -0.2) is 5.91 Å². The van der Waals surface area contributed by atoms with Crippen molar-refractivity contribution in [2.24, 2.45) is 0 Å². The van der Waals surface area contributed by atoms with Crippen molar-refractivity contribution in [2.45, 2.75) is 6.92 Å². The van der Waals surface area contributed by atoms with Crippen molar-refractivity contribution in [3.8, 4) is 0 Å². The summed E-state index contributed by atoms with van der Waals surface area (Å²) in [6, 6.07) is 15.1. The van der Waals surface area contributed by atoms with E-state index in [2.05, 4.69) is 5.32 Å². The molecule has 1 amide bonds. The van der Waals surface area contributed by atoms with Crippen LogP contribution >= 0.6 is 11.6 Å². The van der Waals surface area contributed by atoms with Crippen LogP contribution in [0.4, 0.5) is 5.69 Å². The van der Waals surface area contributed by atoms with Gasteiger partial charge in [-0.05, 0) is 42.3 Å². The first kappa shape index (κ1) is 13.4. The number of anilines is 1. The predicted molar refractivity (Wildman–Crippen MR) is 80.3 cm³/mol. The highest BCUT2D eigenvalue weighted by atomic mass is 35.5. The van der Waals surface area contributed by atoms with Gasteiger partial charge in [0.25, 0.3) is 0 Å². The molecule has 0 aliphatic carbocycles. The zero-order valence-corrected chi connectivity index (χ0v) is 11.3. The van der Waals surface area contributed by atoms with Crippen molar-refractivity contribution >= 4 is 29.3 Å². The van der Waals surface area contributed by atoms with Crippen molar-refractivity contribution < 1.29 is 4.79 Å². The number of amides is 1. The third-order valence-electron chi connectivity index (χ3n) is 2.65. The Morgan fingerprint density at radius 2 is 1.89 bits per heavy atom. The Labute approximate surface area is 117 Å². The van der Waals surface area contributed by atoms with Gasteiger partial charge in [0.15, 0.2) is 0 Å². The highest BCUT2D eigenvalue weighted by Gasteiger charge is 2.00. The molecule has 0 fully saturated rings. The molecule has 0 aliphatic rings. The van der Waals surface area contributed by atoms with Gasteiger partial charge in [-0.25, -0.2) is 0 Å². The van der Waals surface area contributed by atoms with Crippen LogP contribution < -0.4 is 5.32 Å². The lowest BCUT2D eigenvalue weighted by Gasteiger charge is -2.04. The predicted octanol–water partition coefficient (Wildman–Crippen LogP) is 4.30. The van der Waals surface area contributed by atoms with Gasteiger partial charge in [0.1, 0.15) is 0 Å². The van der Waals surface area contributed by atoms with Crippen molar-refractivity contribution in [1.82, 2.24) is 0 Å². The van der Waals surface area contributed by atoms with E-state index < -0.39 is 0 Å². The summed E-state index contributed by atoms with van der Waals surface area (Å²) in [4.78, 5) is 11.8. The molecule has 96 valence electrons. The second-order valence-corrected chi connectivity index (χ2v) is 4.60. The molecule has 1 N–H and O–H groups in total. The Balaban J connectivity index is 2.01. The number of carbonyl (C=O) groups is 1. The molecule has 0 heterocycles. The number of benzene rings is 2. The maximum atomic E-state index is 11.8. The summed E-state index contributed by atoms with van der Waals surface area (Å²) in [6.45, 7) is 1.90. The van der Waals surface area contributed by atoms with Crippen LogP contribution in [0.15, 0.2) is 54.6 Å². The van der Waals surface area contributed by atoms with E-state index in [0.29, 0.717) is 5.02 Å². The van der Waals surface area contributed by atoms with Crippen molar-refractivity contribution in [3.63, 3.8) is 0 Å². The van der Waals surface area contributed by atoms with Crippen molar-refractivity contribution in [2.75, 3.05) is 5.32 Å². The molecule has 0 unspecified atom stereocenters. The fraction of sp³-hybridized carbons (Fsp3) is 0.0625. The average molecular weight is 272 g/mol. The Kier molecular flexibility index (Phi) is 4.37. The summed E-state index contributed by atoms with van der Waals surface area (Å²) in [5, 5.41) is 3.49. The Hall–Kier alpha value is -2.06. The largest absolute Gasteiger partial charge is 0.323 e. The van der Waals surface area contributed by atoms with Gasteiger partial charge in [0.2, 0.25) is 5.91 Å². The lowest BCUT2D eigenvalue weighted by molar-refractivity contribution is -0.111. The SMILES string of the molecule is Cc1cc(NC(=O)C=Cc2ccccc2)ccc1Cl. The minimum absolute atomic E-state index is 0.162. The molecular formula is C16H14ClNO. The second kappa shape index (κ2) is 6.21. The molecular weight excluding hydrogens is 258 g/mol. The minimum Gasteiger partial charge on any atom is -0.323 e. The number of aryl methyl sites for hydroxylation is 1. The third kappa shape index (κ3) is 3.97. The van der Waals surface area contributed by atoms with E-state index in [1.807, 2.05) is 43.3 Å². The highest BCUT2D eigenvalue weighted by molar-refractivity contribution is 6.31. The molecule has 19 heavy (non-hydrogen) atoms. The quantitative estimate of drug-likeness (QED) is 0.829. The zero-order chi connectivity index (χ0) is 13.7. The van der Waals surface area contributed by atoms with E-state index in [9.17, 15) is 4.79 Å². The summed E-state index contributed by atoms with van der Waals surface area (Å²) in [5.74, 6) is -0.162. The van der Waals surface area contributed by atoms with Crippen LogP contribution in [0.25, 0.3) is 6.08 Å². The van der Waals surface area contributed by atoms with E-state index in [0.717, 1.165) is 16.8 Å². The number of halogens is 1. The van der Waals surface area contributed by atoms with E-state index >= 15 is 0 Å². The fourth-order valence-electron chi connectivity index (χ4n) is 1.64. The van der Waals surface area contributed by atoms with Crippen LogP contribution in [0.3, 0.4) is 0 Å². The topological polar surface area (TPSA) is 29.1 Å². The smallest absolute Gasteiger partial charge is 0.248 e. The van der Waals surface area contributed by atoms with Gasteiger partial charge in [-0.1, -0.05) is 41.9 Å². The summed E-state index contributed by atoms with van der Waals surface area (Å²) in [6.07, 6.45) is 3.29. The molecule has 2 rings (SSSR count). The first-order valence-corrected chi connectivity index (χ1v) is 6.33. The van der Waals surface area contributed by atoms with E-state index in [1.54, 1.807) is 18.2 Å². The molecule has 0 saturated carbocycles. The second-order valence-electron chi connectivity index (χ2n) is 4.20. The lowest BCUT2D eigenvalue weighted by Crippen LogP contribution is -2.07. The Bertz CT molecular complexity index is 605. The molecule has 2 aromatic carbocycles. The molecule has 0 aliphatic heterocycles. The highest BCUT2D eigenvalue weighted by Crippen LogP contribution is 2.19. The Morgan fingerprint density at radius 1 is 1.16 bits per heavy atom. The molecule has 0 bridgehead atoms. The molecule has 2 nitrogen and oxygen atoms in total. The summed E-state index contributed by atoms with van der Waals surface area (Å²) in [7, 11) is 0. The number of rotatable bonds is 3. The van der Waals surface area contributed by atoms with Gasteiger partial charge in [0.05, 0.1) is 0 Å². The minimum atomic E-state index is -0.162. The van der Waals surface area contributed by atoms with Crippen LogP contribution in [0.5, 0.6) is 0 Å². The zero-order valence-electron chi connectivity index (χ0n) is 10.6. The summed E-state index contributed by atoms with van der Waals surface area (Å²) >= 11 is 5.93. The summed E-state index contributed by atoms with van der Waals surface area (Å²) in [5.41, 5.74) is 2.67. The maximum Gasteiger partial charge on any atom is 0.248 e. The maximum absolute atomic E-state index is 11.8. The third-order valence-corrected chi connectivity index (χ3v) is 3.08. The first-order valence-electron chi connectivity index (χ1n) is 5.95. The fourth-order valence-corrected chi connectivity index (χ4v) is 1.76. The van der Waals surface area contributed by atoms with Gasteiger partial charge >= 0.3 is 0 Å².